The predicted octanol–water partition coefficient (Wildman–Crippen LogP) is 12.5. The molecule has 0 radical (unpaired) electrons. The highest BCUT2D eigenvalue weighted by molar-refractivity contribution is 6.02. The Bertz CT molecular complexity index is 2860. The van der Waals surface area contributed by atoms with Crippen molar-refractivity contribution in [3.05, 3.63) is 188 Å². The lowest BCUT2D eigenvalue weighted by Crippen LogP contribution is -2.12. The molecule has 45 heavy (non-hydrogen) atoms. The van der Waals surface area contributed by atoms with Gasteiger partial charge >= 0.3 is 0 Å². The SMILES string of the molecule is [2H]c1c([2H])c(-c2cccc3ccccc23)c([2H])c(N(c2ccccc2-c2ccc(-c3ccccc3)cc2)c2c([2H])c([2H])c([2H])c3c([2H])c([2H])c([2H])c([2H])c23)c1[2H]. The van der Waals surface area contributed by atoms with E-state index in [-0.39, 0.29) is 45.5 Å². The van der Waals surface area contributed by atoms with Crippen LogP contribution >= 0.6 is 0 Å². The minimum atomic E-state index is -0.624. The fourth-order valence-electron chi connectivity index (χ4n) is 5.73. The van der Waals surface area contributed by atoms with Crippen molar-refractivity contribution in [2.24, 2.45) is 0 Å². The van der Waals surface area contributed by atoms with Crippen molar-refractivity contribution >= 4 is 38.6 Å². The van der Waals surface area contributed by atoms with Gasteiger partial charge in [-0.2, -0.15) is 0 Å². The molecule has 0 unspecified atom stereocenters. The average Bonchev–Trinajstić information content (AvgIpc) is 3.23. The van der Waals surface area contributed by atoms with Crippen LogP contribution in [-0.2, 0) is 0 Å². The first-order chi connectivity index (χ1) is 26.9. The van der Waals surface area contributed by atoms with E-state index in [2.05, 4.69) is 0 Å². The van der Waals surface area contributed by atoms with E-state index in [4.69, 9.17) is 11.0 Å². The summed E-state index contributed by atoms with van der Waals surface area (Å²) in [6, 6.07) is 31.5. The Balaban J connectivity index is 1.52. The molecule has 8 rings (SSSR count). The lowest BCUT2D eigenvalue weighted by molar-refractivity contribution is 1.30. The van der Waals surface area contributed by atoms with Crippen molar-refractivity contribution < 1.29 is 15.1 Å². The molecule has 8 aromatic rings. The van der Waals surface area contributed by atoms with Crippen LogP contribution in [0.15, 0.2) is 188 Å². The minimum absolute atomic E-state index is 0.0495. The molecule has 0 amide bonds. The summed E-state index contributed by atoms with van der Waals surface area (Å²) >= 11 is 0. The Hall–Kier alpha value is -5.92. The maximum Gasteiger partial charge on any atom is 0.0651 e. The molecule has 212 valence electrons. The van der Waals surface area contributed by atoms with Gasteiger partial charge in [0.2, 0.25) is 0 Å². The Morgan fingerprint density at radius 1 is 0.378 bits per heavy atom. The highest BCUT2D eigenvalue weighted by atomic mass is 15.1. The van der Waals surface area contributed by atoms with Crippen LogP contribution in [0.4, 0.5) is 17.1 Å². The van der Waals surface area contributed by atoms with Crippen LogP contribution in [0.25, 0.3) is 54.9 Å². The fourth-order valence-corrected chi connectivity index (χ4v) is 5.73. The zero-order valence-electron chi connectivity index (χ0n) is 35.0. The Morgan fingerprint density at radius 3 is 1.96 bits per heavy atom. The van der Waals surface area contributed by atoms with Crippen LogP contribution in [-0.4, -0.2) is 0 Å². The van der Waals surface area contributed by atoms with Crippen molar-refractivity contribution in [2.45, 2.75) is 0 Å². The monoisotopic (exact) mass is 584 g/mol. The molecule has 0 aliphatic carbocycles. The predicted molar refractivity (Wildman–Crippen MR) is 192 cm³/mol. The van der Waals surface area contributed by atoms with Crippen LogP contribution in [0.2, 0.25) is 0 Å². The molecule has 0 heterocycles. The molecule has 0 N–H and O–H groups in total. The van der Waals surface area contributed by atoms with Crippen LogP contribution in [0.1, 0.15) is 15.1 Å². The Morgan fingerprint density at radius 2 is 1.04 bits per heavy atom. The standard InChI is InChI=1S/C44H31N/c1-2-13-32(14-3-1)33-27-29-36(30-28-33)42-23-8-9-25-43(42)45(44-26-12-18-35-16-5-7-22-41(35)44)38-20-10-19-37(31-38)40-24-11-17-34-15-4-6-21-39(34)40/h1-31H/i5D,7D,10D,12D,16D,18D,19D,20D,22D,26D,31D. The number of hydrogen-bond donors (Lipinski definition) is 0. The molecule has 0 bridgehead atoms. The van der Waals surface area contributed by atoms with Gasteiger partial charge < -0.3 is 4.90 Å². The zero-order valence-corrected chi connectivity index (χ0v) is 24.0. The summed E-state index contributed by atoms with van der Waals surface area (Å²) in [7, 11) is 0. The van der Waals surface area contributed by atoms with Gasteiger partial charge in [0, 0.05) is 16.6 Å². The van der Waals surface area contributed by atoms with Gasteiger partial charge in [-0.05, 0) is 68.2 Å². The second-order valence-electron chi connectivity index (χ2n) is 10.5. The smallest absolute Gasteiger partial charge is 0.0651 e. The molecular formula is C44H31N. The van der Waals surface area contributed by atoms with Gasteiger partial charge in [0.25, 0.3) is 0 Å². The van der Waals surface area contributed by atoms with Crippen molar-refractivity contribution in [1.82, 2.24) is 0 Å². The van der Waals surface area contributed by atoms with E-state index < -0.39 is 54.4 Å². The van der Waals surface area contributed by atoms with Gasteiger partial charge in [0.1, 0.15) is 0 Å². The average molecular weight is 585 g/mol. The summed E-state index contributed by atoms with van der Waals surface area (Å²) in [5.74, 6) is 0. The van der Waals surface area contributed by atoms with E-state index in [1.807, 2.05) is 84.9 Å². The first kappa shape index (κ1) is 17.4. The fraction of sp³-hybridized carbons (Fsp3) is 0. The van der Waals surface area contributed by atoms with Crippen LogP contribution in [0, 0.1) is 0 Å². The molecule has 0 aliphatic heterocycles. The first-order valence-electron chi connectivity index (χ1n) is 20.1. The van der Waals surface area contributed by atoms with E-state index in [1.54, 1.807) is 36.4 Å². The maximum absolute atomic E-state index is 9.85. The maximum atomic E-state index is 9.85. The normalized spacial score (nSPS) is 14.5. The topological polar surface area (TPSA) is 3.24 Å². The third-order valence-corrected chi connectivity index (χ3v) is 7.86. The summed E-state index contributed by atoms with van der Waals surface area (Å²) in [6.45, 7) is 0. The highest BCUT2D eigenvalue weighted by Crippen LogP contribution is 2.44. The highest BCUT2D eigenvalue weighted by Gasteiger charge is 2.20. The summed E-state index contributed by atoms with van der Waals surface area (Å²) in [4.78, 5) is 1.35. The number of para-hydroxylation sites is 1. The van der Waals surface area contributed by atoms with Gasteiger partial charge in [0.15, 0.2) is 0 Å². The molecule has 0 fully saturated rings. The number of anilines is 3. The molecule has 1 heteroatoms. The van der Waals surface area contributed by atoms with Crippen LogP contribution < -0.4 is 4.90 Å². The van der Waals surface area contributed by atoms with Crippen molar-refractivity contribution in [2.75, 3.05) is 4.90 Å². The van der Waals surface area contributed by atoms with Gasteiger partial charge in [-0.1, -0.05) is 164 Å². The third-order valence-electron chi connectivity index (χ3n) is 7.86. The van der Waals surface area contributed by atoms with Gasteiger partial charge in [-0.25, -0.2) is 0 Å². The summed E-state index contributed by atoms with van der Waals surface area (Å²) in [6.07, 6.45) is 0. The van der Waals surface area contributed by atoms with Crippen molar-refractivity contribution in [3.63, 3.8) is 0 Å². The van der Waals surface area contributed by atoms with Crippen LogP contribution in [0.3, 0.4) is 0 Å². The number of benzene rings is 8. The molecule has 0 spiro atoms. The quantitative estimate of drug-likeness (QED) is 0.188. The molecule has 0 aliphatic rings. The van der Waals surface area contributed by atoms with E-state index in [0.717, 1.165) is 16.5 Å². The summed E-state index contributed by atoms with van der Waals surface area (Å²) in [5.41, 5.74) is 3.51. The molecule has 8 aromatic carbocycles. The van der Waals surface area contributed by atoms with E-state index >= 15 is 0 Å². The second kappa shape index (κ2) is 11.6. The summed E-state index contributed by atoms with van der Waals surface area (Å²) < 4.78 is 99.6. The van der Waals surface area contributed by atoms with Crippen molar-refractivity contribution in [1.29, 1.82) is 0 Å². The minimum Gasteiger partial charge on any atom is -0.309 e. The van der Waals surface area contributed by atoms with E-state index in [1.165, 1.54) is 4.90 Å². The lowest BCUT2D eigenvalue weighted by Gasteiger charge is -2.29. The van der Waals surface area contributed by atoms with Crippen LogP contribution in [0.5, 0.6) is 0 Å². The second-order valence-corrected chi connectivity index (χ2v) is 10.5. The van der Waals surface area contributed by atoms with E-state index in [0.29, 0.717) is 22.1 Å². The van der Waals surface area contributed by atoms with E-state index in [9.17, 15) is 4.11 Å². The molecule has 0 aromatic heterocycles. The number of nitrogens with zero attached hydrogens (tertiary/aromatic N) is 1. The zero-order chi connectivity index (χ0) is 39.6. The Kier molecular flexibility index (Phi) is 4.50. The molecule has 1 nitrogen and oxygen atoms in total. The number of rotatable bonds is 6. The van der Waals surface area contributed by atoms with Gasteiger partial charge in [0.05, 0.1) is 26.5 Å². The van der Waals surface area contributed by atoms with Crippen molar-refractivity contribution in [3.8, 4) is 33.4 Å². The number of fused-ring (bicyclic) bond motifs is 2. The largest absolute Gasteiger partial charge is 0.309 e. The lowest BCUT2D eigenvalue weighted by atomic mass is 9.96. The molecule has 0 saturated heterocycles. The third kappa shape index (κ3) is 5.05. The van der Waals surface area contributed by atoms with Gasteiger partial charge in [-0.3, -0.25) is 0 Å². The first-order valence-corrected chi connectivity index (χ1v) is 14.6. The Labute approximate surface area is 279 Å². The number of hydrogen-bond acceptors (Lipinski definition) is 1. The molecule has 0 saturated carbocycles. The molecule has 0 atom stereocenters. The van der Waals surface area contributed by atoms with Gasteiger partial charge in [-0.15, -0.1) is 0 Å². The summed E-state index contributed by atoms with van der Waals surface area (Å²) in [5, 5.41) is 0.993. The molecular weight excluding hydrogens is 542 g/mol.